The van der Waals surface area contributed by atoms with E-state index in [1.54, 1.807) is 18.2 Å². The van der Waals surface area contributed by atoms with Gasteiger partial charge in [-0.2, -0.15) is 0 Å². The molecule has 0 aliphatic heterocycles. The number of Topliss-reactive ketones (excluding diaryl/α,β-unsaturated/α-hetero) is 1. The van der Waals surface area contributed by atoms with E-state index in [1.807, 2.05) is 44.2 Å². The lowest BCUT2D eigenvalue weighted by molar-refractivity contribution is -0.126. The Bertz CT molecular complexity index is 634. The molecular weight excluding hydrogens is 280 g/mol. The summed E-state index contributed by atoms with van der Waals surface area (Å²) in [6.45, 7) is 4.24. The molecule has 0 fully saturated rings. The second kappa shape index (κ2) is 8.74. The van der Waals surface area contributed by atoms with Gasteiger partial charge >= 0.3 is 0 Å². The van der Waals surface area contributed by atoms with Gasteiger partial charge in [-0.3, -0.25) is 9.59 Å². The average molecular weight is 300 g/mol. The highest BCUT2D eigenvalue weighted by Crippen LogP contribution is 2.19. The van der Waals surface area contributed by atoms with Crippen molar-refractivity contribution in [3.63, 3.8) is 0 Å². The van der Waals surface area contributed by atoms with Gasteiger partial charge in [-0.25, -0.2) is 0 Å². The van der Waals surface area contributed by atoms with E-state index in [9.17, 15) is 9.90 Å². The number of carbonyl (C=O) groups is 2. The van der Waals surface area contributed by atoms with Crippen LogP contribution in [0.1, 0.15) is 33.2 Å². The molecule has 0 amide bonds. The maximum absolute atomic E-state index is 12.2. The minimum absolute atomic E-state index is 0.260. The number of hydrogen-bond acceptors (Lipinski definition) is 4. The topological polar surface area (TPSA) is 63.6 Å². The predicted octanol–water partition coefficient (Wildman–Crippen LogP) is 3.01. The van der Waals surface area contributed by atoms with E-state index in [4.69, 9.17) is 4.79 Å². The van der Waals surface area contributed by atoms with E-state index < -0.39 is 6.10 Å². The summed E-state index contributed by atoms with van der Waals surface area (Å²) >= 11 is 0. The highest BCUT2D eigenvalue weighted by Gasteiger charge is 2.19. The quantitative estimate of drug-likeness (QED) is 0.696. The Morgan fingerprint density at radius 3 is 2.14 bits per heavy atom. The van der Waals surface area contributed by atoms with Crippen molar-refractivity contribution in [1.82, 2.24) is 0 Å². The number of aliphatic hydroxyl groups is 1. The number of ether oxygens (including phenoxy) is 1. The summed E-state index contributed by atoms with van der Waals surface area (Å²) in [6.07, 6.45) is -1.09. The monoisotopic (exact) mass is 300 g/mol. The van der Waals surface area contributed by atoms with E-state index in [0.717, 1.165) is 11.1 Å². The third kappa shape index (κ3) is 5.14. The van der Waals surface area contributed by atoms with Gasteiger partial charge in [-0.1, -0.05) is 53.6 Å². The largest absolute Gasteiger partial charge is 0.471 e. The third-order valence-electron chi connectivity index (χ3n) is 3.01. The molecule has 1 N–H and O–H groups in total. The zero-order valence-electron chi connectivity index (χ0n) is 12.9. The first-order valence-electron chi connectivity index (χ1n) is 6.81. The van der Waals surface area contributed by atoms with Crippen molar-refractivity contribution in [3.8, 4) is 0 Å². The van der Waals surface area contributed by atoms with Crippen molar-refractivity contribution in [2.24, 2.45) is 0 Å². The van der Waals surface area contributed by atoms with Crippen molar-refractivity contribution < 1.29 is 19.4 Å². The zero-order valence-corrected chi connectivity index (χ0v) is 12.9. The molecule has 0 bridgehead atoms. The fraction of sp³-hybridized carbons (Fsp3) is 0.222. The van der Waals surface area contributed by atoms with Crippen LogP contribution >= 0.6 is 0 Å². The Kier molecular flexibility index (Phi) is 6.99. The summed E-state index contributed by atoms with van der Waals surface area (Å²) in [6, 6.07) is 14.7. The number of ketones is 1. The number of hydrogen-bond donors (Lipinski definition) is 1. The van der Waals surface area contributed by atoms with Gasteiger partial charge in [0.2, 0.25) is 0 Å². The lowest BCUT2D eigenvalue weighted by Gasteiger charge is -2.11. The van der Waals surface area contributed by atoms with Crippen molar-refractivity contribution in [3.05, 3.63) is 70.8 Å². The first-order chi connectivity index (χ1) is 10.5. The van der Waals surface area contributed by atoms with Crippen LogP contribution in [0.4, 0.5) is 0 Å². The second-order valence-electron chi connectivity index (χ2n) is 4.88. The Labute approximate surface area is 130 Å². The molecule has 116 valence electrons. The van der Waals surface area contributed by atoms with Gasteiger partial charge in [0.05, 0.1) is 7.11 Å². The van der Waals surface area contributed by atoms with Gasteiger partial charge in [0.15, 0.2) is 5.78 Å². The van der Waals surface area contributed by atoms with Crippen molar-refractivity contribution in [1.29, 1.82) is 0 Å². The highest BCUT2D eigenvalue weighted by atomic mass is 16.5. The number of benzene rings is 2. The molecule has 0 aromatic heterocycles. The molecule has 1 atom stereocenters. The van der Waals surface area contributed by atoms with E-state index in [0.29, 0.717) is 17.6 Å². The predicted molar refractivity (Wildman–Crippen MR) is 84.7 cm³/mol. The molecule has 0 radical (unpaired) electrons. The molecule has 2 aromatic carbocycles. The van der Waals surface area contributed by atoms with Gasteiger partial charge in [-0.05, 0) is 25.5 Å². The smallest absolute Gasteiger partial charge is 0.292 e. The summed E-state index contributed by atoms with van der Waals surface area (Å²) in [7, 11) is 1.31. The van der Waals surface area contributed by atoms with Crippen molar-refractivity contribution >= 4 is 12.3 Å². The highest BCUT2D eigenvalue weighted by molar-refractivity contribution is 6.00. The van der Waals surface area contributed by atoms with Crippen LogP contribution < -0.4 is 0 Å². The molecule has 4 nitrogen and oxygen atoms in total. The minimum Gasteiger partial charge on any atom is -0.471 e. The lowest BCUT2D eigenvalue weighted by Crippen LogP contribution is -2.12. The van der Waals surface area contributed by atoms with Crippen LogP contribution in [0.2, 0.25) is 0 Å². The number of aryl methyl sites for hydroxylation is 2. The molecule has 0 saturated carbocycles. The number of rotatable bonds is 4. The van der Waals surface area contributed by atoms with Crippen LogP contribution in [-0.2, 0) is 9.53 Å². The molecule has 4 heteroatoms. The molecule has 0 aliphatic rings. The summed E-state index contributed by atoms with van der Waals surface area (Å²) in [5, 5.41) is 10.1. The summed E-state index contributed by atoms with van der Waals surface area (Å²) in [4.78, 5) is 21.1. The van der Waals surface area contributed by atoms with Crippen LogP contribution in [0.3, 0.4) is 0 Å². The van der Waals surface area contributed by atoms with Crippen LogP contribution in [0.25, 0.3) is 0 Å². The zero-order chi connectivity index (χ0) is 16.5. The maximum Gasteiger partial charge on any atom is 0.292 e. The number of aliphatic hydroxyl groups excluding tert-OH is 1. The van der Waals surface area contributed by atoms with Crippen molar-refractivity contribution in [2.45, 2.75) is 20.0 Å². The molecular formula is C18H20O4. The summed E-state index contributed by atoms with van der Waals surface area (Å²) in [5.41, 5.74) is 3.23. The second-order valence-corrected chi connectivity index (χ2v) is 4.88. The Morgan fingerprint density at radius 2 is 1.64 bits per heavy atom. The third-order valence-corrected chi connectivity index (χ3v) is 3.01. The number of carbonyl (C=O) groups excluding carboxylic acids is 2. The molecule has 0 saturated heterocycles. The molecule has 2 aromatic rings. The van der Waals surface area contributed by atoms with E-state index in [2.05, 4.69) is 4.74 Å². The lowest BCUT2D eigenvalue weighted by atomic mass is 9.98. The standard InChI is InChI=1S/C16H16O2.C2H4O2/c1-11-5-3-7-13(9-11)15(17)16(18)14-8-4-6-12(2)10-14;1-4-2-3/h3-10,15,17H,1-2H3;2H,1H3. The summed E-state index contributed by atoms with van der Waals surface area (Å²) < 4.78 is 3.86. The molecule has 2 rings (SSSR count). The van der Waals surface area contributed by atoms with Gasteiger partial charge in [0.25, 0.3) is 6.47 Å². The molecule has 0 spiro atoms. The number of methoxy groups -OCH3 is 1. The molecule has 22 heavy (non-hydrogen) atoms. The Balaban J connectivity index is 0.000000541. The molecule has 1 unspecified atom stereocenters. The SMILES string of the molecule is COC=O.Cc1cccc(C(=O)C(O)c2cccc(C)c2)c1. The molecule has 0 heterocycles. The Morgan fingerprint density at radius 1 is 1.09 bits per heavy atom. The van der Waals surface area contributed by atoms with E-state index >= 15 is 0 Å². The van der Waals surface area contributed by atoms with Gasteiger partial charge in [0.1, 0.15) is 6.10 Å². The fourth-order valence-corrected chi connectivity index (χ4v) is 1.95. The maximum atomic E-state index is 12.2. The molecule has 0 aliphatic carbocycles. The van der Waals surface area contributed by atoms with Crippen molar-refractivity contribution in [2.75, 3.05) is 7.11 Å². The van der Waals surface area contributed by atoms with Crippen LogP contribution in [0, 0.1) is 13.8 Å². The normalized spacial score (nSPS) is 10.9. The first kappa shape index (κ1) is 17.6. The first-order valence-corrected chi connectivity index (χ1v) is 6.81. The van der Waals surface area contributed by atoms with Gasteiger partial charge in [0, 0.05) is 5.56 Å². The fourth-order valence-electron chi connectivity index (χ4n) is 1.95. The van der Waals surface area contributed by atoms with Gasteiger partial charge in [-0.15, -0.1) is 0 Å². The van der Waals surface area contributed by atoms with Crippen LogP contribution in [0.15, 0.2) is 48.5 Å². The van der Waals surface area contributed by atoms with Gasteiger partial charge < -0.3 is 9.84 Å². The van der Waals surface area contributed by atoms with E-state index in [1.165, 1.54) is 7.11 Å². The minimum atomic E-state index is -1.09. The van der Waals surface area contributed by atoms with Crippen LogP contribution in [-0.4, -0.2) is 24.5 Å². The average Bonchev–Trinajstić information content (AvgIpc) is 2.53. The van der Waals surface area contributed by atoms with Crippen LogP contribution in [0.5, 0.6) is 0 Å². The summed E-state index contributed by atoms with van der Waals surface area (Å²) in [5.74, 6) is -0.260. The Hall–Kier alpha value is -2.46. The van der Waals surface area contributed by atoms with E-state index in [-0.39, 0.29) is 5.78 Å².